The molecule has 2 aliphatic rings. The Labute approximate surface area is 168 Å². The van der Waals surface area contributed by atoms with Gasteiger partial charge < -0.3 is 19.7 Å². The number of alkyl halides is 3. The van der Waals surface area contributed by atoms with Crippen LogP contribution >= 0.6 is 0 Å². The lowest BCUT2D eigenvalue weighted by Crippen LogP contribution is -2.49. The van der Waals surface area contributed by atoms with E-state index in [1.54, 1.807) is 24.5 Å². The summed E-state index contributed by atoms with van der Waals surface area (Å²) in [6.07, 6.45) is 0.347. The molecule has 0 aliphatic carbocycles. The Morgan fingerprint density at radius 1 is 1.30 bits per heavy atom. The largest absolute Gasteiger partial charge is 0.477 e. The number of aromatic amines is 1. The lowest BCUT2D eigenvalue weighted by molar-refractivity contribution is -0.149. The number of H-pyrrole nitrogens is 1. The van der Waals surface area contributed by atoms with Crippen LogP contribution in [0.3, 0.4) is 0 Å². The Balaban J connectivity index is 1.56. The first-order valence-corrected chi connectivity index (χ1v) is 9.11. The van der Waals surface area contributed by atoms with E-state index in [-0.39, 0.29) is 37.8 Å². The second kappa shape index (κ2) is 7.48. The van der Waals surface area contributed by atoms with Crippen LogP contribution in [0.25, 0.3) is 17.1 Å². The molecular formula is C19H17F3N4O4. The van der Waals surface area contributed by atoms with Crippen LogP contribution < -0.4 is 0 Å². The van der Waals surface area contributed by atoms with Crippen LogP contribution in [0.4, 0.5) is 13.2 Å². The summed E-state index contributed by atoms with van der Waals surface area (Å²) in [6, 6.07) is 3.51. The molecule has 8 nitrogen and oxygen atoms in total. The highest BCUT2D eigenvalue weighted by Crippen LogP contribution is 2.31. The van der Waals surface area contributed by atoms with E-state index in [9.17, 15) is 27.9 Å². The fourth-order valence-electron chi connectivity index (χ4n) is 3.53. The zero-order chi connectivity index (χ0) is 21.5. The van der Waals surface area contributed by atoms with Gasteiger partial charge in [-0.3, -0.25) is 9.69 Å². The van der Waals surface area contributed by atoms with Gasteiger partial charge in [-0.25, -0.2) is 9.78 Å². The number of piperazine rings is 1. The predicted octanol–water partition coefficient (Wildman–Crippen LogP) is 1.98. The van der Waals surface area contributed by atoms with E-state index in [0.717, 1.165) is 5.39 Å². The lowest BCUT2D eigenvalue weighted by atomic mass is 10.1. The Morgan fingerprint density at radius 2 is 2.03 bits per heavy atom. The number of nitrogens with zero attached hydrogens (tertiary/aromatic N) is 3. The van der Waals surface area contributed by atoms with Crippen molar-refractivity contribution in [3.05, 3.63) is 47.3 Å². The fraction of sp³-hybridized carbons (Fsp3) is 0.316. The molecule has 0 amide bonds. The van der Waals surface area contributed by atoms with Crippen molar-refractivity contribution in [2.75, 3.05) is 32.7 Å². The fourth-order valence-corrected chi connectivity index (χ4v) is 3.53. The number of fused-ring (bicyclic) bond motifs is 1. The molecule has 1 fully saturated rings. The Bertz CT molecular complexity index is 1070. The molecule has 11 heteroatoms. The summed E-state index contributed by atoms with van der Waals surface area (Å²) < 4.78 is 43.3. The van der Waals surface area contributed by atoms with E-state index in [2.05, 4.69) is 9.97 Å². The number of Topliss-reactive ketones (excluding diaryl/α,β-unsaturated/α-hetero) is 1. The van der Waals surface area contributed by atoms with Gasteiger partial charge in [0.15, 0.2) is 11.3 Å². The minimum Gasteiger partial charge on any atom is -0.477 e. The quantitative estimate of drug-likeness (QED) is 0.574. The highest BCUT2D eigenvalue weighted by Gasteiger charge is 2.40. The number of allylic oxidation sites excluding steroid dienone is 1. The van der Waals surface area contributed by atoms with Gasteiger partial charge in [-0.05, 0) is 18.2 Å². The number of aromatic nitrogens is 2. The summed E-state index contributed by atoms with van der Waals surface area (Å²) in [5.41, 5.74) is 0.674. The van der Waals surface area contributed by atoms with Gasteiger partial charge in [0.05, 0.1) is 6.54 Å². The normalized spacial score (nSPS) is 19.8. The number of hydrogen-bond acceptors (Lipinski definition) is 6. The van der Waals surface area contributed by atoms with Crippen molar-refractivity contribution in [1.29, 1.82) is 0 Å². The number of ether oxygens (including phenoxy) is 1. The molecule has 1 saturated heterocycles. The van der Waals surface area contributed by atoms with Crippen molar-refractivity contribution >= 4 is 28.9 Å². The number of aliphatic carboxylic acids is 1. The molecule has 4 heterocycles. The average Bonchev–Trinajstić information content (AvgIpc) is 3.23. The van der Waals surface area contributed by atoms with Crippen molar-refractivity contribution in [3.63, 3.8) is 0 Å². The van der Waals surface area contributed by atoms with Gasteiger partial charge in [-0.2, -0.15) is 13.2 Å². The van der Waals surface area contributed by atoms with Gasteiger partial charge in [0.1, 0.15) is 5.65 Å². The number of carbonyl (C=O) groups is 2. The molecule has 0 radical (unpaired) electrons. The standard InChI is InChI=1S/C19H17F3N4O4/c20-19(21,22)10-25-4-6-26(7-5-25)17-14(18(28)29)15(27)13(30-17)8-11-9-24-16-12(11)2-1-3-23-16/h1-3,8-9H,4-7,10H2,(H,23,24)(H,28,29)/b13-8-. The van der Waals surface area contributed by atoms with Gasteiger partial charge in [0, 0.05) is 49.5 Å². The summed E-state index contributed by atoms with van der Waals surface area (Å²) >= 11 is 0. The second-order valence-corrected chi connectivity index (χ2v) is 6.95. The van der Waals surface area contributed by atoms with E-state index >= 15 is 0 Å². The monoisotopic (exact) mass is 422 g/mol. The zero-order valence-electron chi connectivity index (χ0n) is 15.6. The molecule has 30 heavy (non-hydrogen) atoms. The van der Waals surface area contributed by atoms with E-state index in [1.807, 2.05) is 0 Å². The number of ketones is 1. The third kappa shape index (κ3) is 3.88. The lowest BCUT2D eigenvalue weighted by Gasteiger charge is -2.36. The smallest absolute Gasteiger partial charge is 0.401 e. The molecule has 2 aromatic heterocycles. The first-order valence-electron chi connectivity index (χ1n) is 9.11. The number of nitrogens with one attached hydrogen (secondary N) is 1. The topological polar surface area (TPSA) is 98.8 Å². The summed E-state index contributed by atoms with van der Waals surface area (Å²) in [5, 5.41) is 10.2. The molecule has 0 aromatic carbocycles. The molecule has 0 bridgehead atoms. The highest BCUT2D eigenvalue weighted by atomic mass is 19.4. The number of carbonyl (C=O) groups excluding carboxylic acids is 1. The van der Waals surface area contributed by atoms with Crippen LogP contribution in [-0.4, -0.2) is 75.5 Å². The van der Waals surface area contributed by atoms with Gasteiger partial charge in [0.25, 0.3) is 0 Å². The molecule has 4 rings (SSSR count). The van der Waals surface area contributed by atoms with Crippen LogP contribution in [0.5, 0.6) is 0 Å². The molecule has 0 saturated carbocycles. The van der Waals surface area contributed by atoms with Gasteiger partial charge in [0.2, 0.25) is 11.7 Å². The van der Waals surface area contributed by atoms with Crippen LogP contribution in [0, 0.1) is 0 Å². The molecule has 2 N–H and O–H groups in total. The van der Waals surface area contributed by atoms with E-state index < -0.39 is 30.0 Å². The third-order valence-corrected chi connectivity index (χ3v) is 4.92. The third-order valence-electron chi connectivity index (χ3n) is 4.92. The molecule has 0 atom stereocenters. The van der Waals surface area contributed by atoms with Crippen LogP contribution in [0.2, 0.25) is 0 Å². The average molecular weight is 422 g/mol. The summed E-state index contributed by atoms with van der Waals surface area (Å²) in [7, 11) is 0. The summed E-state index contributed by atoms with van der Waals surface area (Å²) in [5.74, 6) is -2.53. The van der Waals surface area contributed by atoms with Crippen molar-refractivity contribution in [1.82, 2.24) is 19.8 Å². The maximum Gasteiger partial charge on any atom is 0.401 e. The molecular weight excluding hydrogens is 405 g/mol. The number of halogens is 3. The van der Waals surface area contributed by atoms with Crippen LogP contribution in [0.15, 0.2) is 41.7 Å². The van der Waals surface area contributed by atoms with Crippen molar-refractivity contribution < 1.29 is 32.6 Å². The molecule has 0 spiro atoms. The minimum atomic E-state index is -4.31. The zero-order valence-corrected chi connectivity index (χ0v) is 15.6. The minimum absolute atomic E-state index is 0.0701. The first-order chi connectivity index (χ1) is 14.2. The Kier molecular flexibility index (Phi) is 4.98. The molecule has 0 unspecified atom stereocenters. The van der Waals surface area contributed by atoms with E-state index in [0.29, 0.717) is 11.2 Å². The van der Waals surface area contributed by atoms with Gasteiger partial charge >= 0.3 is 12.1 Å². The van der Waals surface area contributed by atoms with Crippen molar-refractivity contribution in [2.45, 2.75) is 6.18 Å². The maximum absolute atomic E-state index is 12.7. The Hall–Kier alpha value is -3.34. The predicted molar refractivity (Wildman–Crippen MR) is 98.9 cm³/mol. The maximum atomic E-state index is 12.7. The highest BCUT2D eigenvalue weighted by molar-refractivity contribution is 6.26. The SMILES string of the molecule is O=C(O)C1=C(N2CCN(CC(F)(F)F)CC2)O/C(=C\c2c[nH]c3ncccc23)C1=O. The Morgan fingerprint density at radius 3 is 2.70 bits per heavy atom. The van der Waals surface area contributed by atoms with E-state index in [4.69, 9.17) is 4.74 Å². The van der Waals surface area contributed by atoms with Gasteiger partial charge in [-0.15, -0.1) is 0 Å². The number of carboxylic acid groups (broad SMARTS) is 1. The van der Waals surface area contributed by atoms with Crippen molar-refractivity contribution in [2.24, 2.45) is 0 Å². The van der Waals surface area contributed by atoms with Crippen molar-refractivity contribution in [3.8, 4) is 0 Å². The number of rotatable bonds is 4. The van der Waals surface area contributed by atoms with Crippen LogP contribution in [-0.2, 0) is 14.3 Å². The van der Waals surface area contributed by atoms with Crippen LogP contribution in [0.1, 0.15) is 5.56 Å². The second-order valence-electron chi connectivity index (χ2n) is 6.95. The molecule has 2 aromatic rings. The summed E-state index contributed by atoms with van der Waals surface area (Å²) in [6.45, 7) is -0.675. The number of carboxylic acids is 1. The van der Waals surface area contributed by atoms with E-state index in [1.165, 1.54) is 15.9 Å². The number of hydrogen-bond donors (Lipinski definition) is 2. The molecule has 2 aliphatic heterocycles. The first kappa shape index (κ1) is 20.0. The summed E-state index contributed by atoms with van der Waals surface area (Å²) in [4.78, 5) is 34.2. The van der Waals surface area contributed by atoms with Gasteiger partial charge in [-0.1, -0.05) is 0 Å². The number of pyridine rings is 1. The molecule has 158 valence electrons.